The van der Waals surface area contributed by atoms with Crippen molar-refractivity contribution >= 4 is 12.4 Å². The monoisotopic (exact) mass is 768 g/mol. The molecule has 1 N–H and O–H groups in total. The van der Waals surface area contributed by atoms with Crippen LogP contribution in [0.3, 0.4) is 0 Å². The van der Waals surface area contributed by atoms with Crippen molar-refractivity contribution in [2.24, 2.45) is 0 Å². The van der Waals surface area contributed by atoms with E-state index in [0.717, 1.165) is 64.6 Å². The van der Waals surface area contributed by atoms with Crippen LogP contribution in [-0.2, 0) is 19.1 Å². The molecule has 0 bridgehead atoms. The first-order valence-electron chi connectivity index (χ1n) is 24.1. The normalized spacial score (nSPS) is 11.9. The van der Waals surface area contributed by atoms with Gasteiger partial charge in [-0.25, -0.2) is 0 Å². The van der Waals surface area contributed by atoms with Crippen LogP contribution in [0, 0.1) is 0 Å². The molecule has 1 unspecified atom stereocenters. The van der Waals surface area contributed by atoms with Gasteiger partial charge in [0.15, 0.2) is 0 Å². The number of hydrogen-bond acceptors (Lipinski definition) is 6. The number of unbranched alkanes of at least 4 members (excludes halogenated alkanes) is 24. The lowest BCUT2D eigenvalue weighted by Crippen LogP contribution is -2.29. The van der Waals surface area contributed by atoms with E-state index in [1.807, 2.05) is 0 Å². The highest BCUT2D eigenvalue weighted by Gasteiger charge is 2.15. The van der Waals surface area contributed by atoms with Crippen LogP contribution in [0.5, 0.6) is 0 Å². The second-order valence-corrected chi connectivity index (χ2v) is 16.3. The van der Waals surface area contributed by atoms with Crippen LogP contribution in [0.2, 0.25) is 0 Å². The minimum absolute atomic E-state index is 0.0127. The molecule has 0 aromatic carbocycles. The summed E-state index contributed by atoms with van der Waals surface area (Å²) in [4.78, 5) is 25.4. The average Bonchev–Trinajstić information content (AvgIpc) is 3.17. The summed E-state index contributed by atoms with van der Waals surface area (Å²) in [6.45, 7) is 15.0. The van der Waals surface area contributed by atoms with Crippen molar-refractivity contribution in [1.29, 1.82) is 0 Å². The van der Waals surface area contributed by atoms with E-state index in [4.69, 9.17) is 9.47 Å². The quantitative estimate of drug-likeness (QED) is 0.0378. The highest BCUT2D eigenvalue weighted by atomic mass is 16.5. The number of esters is 1. The molecule has 324 valence electrons. The number of hydrogen-bond donors (Lipinski definition) is 1. The van der Waals surface area contributed by atoms with Gasteiger partial charge in [-0.1, -0.05) is 182 Å². The highest BCUT2D eigenvalue weighted by Crippen LogP contribution is 2.19. The van der Waals surface area contributed by atoms with Crippen molar-refractivity contribution in [2.45, 2.75) is 272 Å². The molecule has 6 nitrogen and oxygen atoms in total. The van der Waals surface area contributed by atoms with E-state index in [2.05, 4.69) is 39.5 Å². The number of ether oxygens (including phenoxy) is 2. The molecule has 0 saturated carbocycles. The molecule has 0 rings (SSSR count). The molecule has 1 atom stereocenters. The number of aliphatic hydroxyl groups excluding tert-OH is 1. The molecule has 6 heteroatoms. The predicted molar refractivity (Wildman–Crippen MR) is 234 cm³/mol. The maximum Gasteiger partial charge on any atom is 0.306 e. The summed E-state index contributed by atoms with van der Waals surface area (Å²) in [5.41, 5.74) is 0. The van der Waals surface area contributed by atoms with Crippen molar-refractivity contribution in [1.82, 2.24) is 4.90 Å². The Bertz CT molecular complexity index is 703. The fourth-order valence-electron chi connectivity index (χ4n) is 7.32. The standard InChI is InChI=1S/C31H63NO3.C17H34O2/c1-4-7-10-13-15-18-23-30(24-19-16-14-11-8-5-2)35-31(34)25-20-17-22-27-32(28-29-33)26-21-12-9-6-3;1-3-5-7-9-11-13-15-17(19-16-18)14-12-10-8-6-4-2/h30,33H,4-29H2,1-3H3;16-17H,3-15H2,1-2H3. The summed E-state index contributed by atoms with van der Waals surface area (Å²) < 4.78 is 11.2. The van der Waals surface area contributed by atoms with Crippen molar-refractivity contribution in [3.8, 4) is 0 Å². The predicted octanol–water partition coefficient (Wildman–Crippen LogP) is 14.5. The third kappa shape index (κ3) is 43.6. The largest absolute Gasteiger partial charge is 0.465 e. The molecule has 0 aliphatic carbocycles. The molecule has 0 spiro atoms. The van der Waals surface area contributed by atoms with E-state index in [1.54, 1.807) is 0 Å². The van der Waals surface area contributed by atoms with Crippen LogP contribution in [0.25, 0.3) is 0 Å². The Morgan fingerprint density at radius 3 is 1.17 bits per heavy atom. The van der Waals surface area contributed by atoms with E-state index in [1.165, 1.54) is 173 Å². The van der Waals surface area contributed by atoms with Gasteiger partial charge in [0.2, 0.25) is 0 Å². The van der Waals surface area contributed by atoms with E-state index in [0.29, 0.717) is 12.9 Å². The van der Waals surface area contributed by atoms with Gasteiger partial charge < -0.3 is 19.5 Å². The van der Waals surface area contributed by atoms with Gasteiger partial charge in [-0.2, -0.15) is 0 Å². The van der Waals surface area contributed by atoms with Gasteiger partial charge in [0.25, 0.3) is 6.47 Å². The molecule has 0 aliphatic rings. The number of carbonyl (C=O) groups is 2. The minimum atomic E-state index is 0.0127. The van der Waals surface area contributed by atoms with Crippen molar-refractivity contribution in [3.63, 3.8) is 0 Å². The van der Waals surface area contributed by atoms with Crippen LogP contribution in [0.15, 0.2) is 0 Å². The summed E-state index contributed by atoms with van der Waals surface area (Å²) in [5.74, 6) is 0.0127. The molecular weight excluding hydrogens is 671 g/mol. The van der Waals surface area contributed by atoms with Crippen molar-refractivity contribution in [3.05, 3.63) is 0 Å². The molecule has 0 amide bonds. The Labute approximate surface area is 338 Å². The molecule has 54 heavy (non-hydrogen) atoms. The minimum Gasteiger partial charge on any atom is -0.465 e. The van der Waals surface area contributed by atoms with Crippen LogP contribution >= 0.6 is 0 Å². The van der Waals surface area contributed by atoms with Gasteiger partial charge in [-0.05, 0) is 83.7 Å². The number of carbonyl (C=O) groups excluding carboxylic acids is 2. The van der Waals surface area contributed by atoms with Crippen LogP contribution in [0.4, 0.5) is 0 Å². The zero-order valence-corrected chi connectivity index (χ0v) is 37.3. The van der Waals surface area contributed by atoms with Gasteiger partial charge in [-0.3, -0.25) is 9.59 Å². The Hall–Kier alpha value is -1.14. The summed E-state index contributed by atoms with van der Waals surface area (Å²) in [6.07, 6.45) is 42.9. The van der Waals surface area contributed by atoms with E-state index >= 15 is 0 Å². The second-order valence-electron chi connectivity index (χ2n) is 16.3. The summed E-state index contributed by atoms with van der Waals surface area (Å²) in [6, 6.07) is 0. The van der Waals surface area contributed by atoms with E-state index in [9.17, 15) is 14.7 Å². The molecule has 0 aliphatic heterocycles. The average molecular weight is 768 g/mol. The molecule has 0 aromatic rings. The lowest BCUT2D eigenvalue weighted by Gasteiger charge is -2.21. The first kappa shape index (κ1) is 55.0. The zero-order chi connectivity index (χ0) is 40.0. The molecular formula is C48H97NO5. The molecule has 0 aromatic heterocycles. The molecule has 0 heterocycles. The number of rotatable bonds is 43. The Morgan fingerprint density at radius 2 is 0.796 bits per heavy atom. The zero-order valence-electron chi connectivity index (χ0n) is 37.3. The van der Waals surface area contributed by atoms with Gasteiger partial charge in [0.1, 0.15) is 12.2 Å². The maximum atomic E-state index is 12.5. The Kier molecular flexibility index (Phi) is 48.9. The summed E-state index contributed by atoms with van der Waals surface area (Å²) >= 11 is 0. The summed E-state index contributed by atoms with van der Waals surface area (Å²) in [7, 11) is 0. The first-order valence-corrected chi connectivity index (χ1v) is 24.1. The molecule has 0 radical (unpaired) electrons. The first-order chi connectivity index (χ1) is 26.5. The fourth-order valence-corrected chi connectivity index (χ4v) is 7.32. The number of nitrogens with zero attached hydrogens (tertiary/aromatic N) is 1. The van der Waals surface area contributed by atoms with Gasteiger partial charge in [0.05, 0.1) is 6.61 Å². The fraction of sp³-hybridized carbons (Fsp3) is 0.958. The SMILES string of the molecule is CCCCCCCCC(CCCCCCC)OC=O.CCCCCCCCC(CCCCCCCC)OC(=O)CCCCCN(CCO)CCCCCC. The number of aliphatic hydroxyl groups is 1. The van der Waals surface area contributed by atoms with E-state index in [-0.39, 0.29) is 24.8 Å². The van der Waals surface area contributed by atoms with Crippen LogP contribution in [0.1, 0.15) is 259 Å². The summed E-state index contributed by atoms with van der Waals surface area (Å²) in [5, 5.41) is 9.33. The van der Waals surface area contributed by atoms with Crippen LogP contribution < -0.4 is 0 Å². The van der Waals surface area contributed by atoms with E-state index < -0.39 is 0 Å². The van der Waals surface area contributed by atoms with Crippen LogP contribution in [-0.4, -0.2) is 60.9 Å². The topological polar surface area (TPSA) is 76.1 Å². The lowest BCUT2D eigenvalue weighted by atomic mass is 10.0. The maximum absolute atomic E-state index is 12.5. The van der Waals surface area contributed by atoms with Gasteiger partial charge in [0, 0.05) is 13.0 Å². The Balaban J connectivity index is 0. The van der Waals surface area contributed by atoms with Gasteiger partial charge in [-0.15, -0.1) is 0 Å². The molecule has 0 fully saturated rings. The second kappa shape index (κ2) is 48.0. The Morgan fingerprint density at radius 1 is 0.463 bits per heavy atom. The smallest absolute Gasteiger partial charge is 0.306 e. The van der Waals surface area contributed by atoms with Crippen molar-refractivity contribution in [2.75, 3.05) is 26.2 Å². The highest BCUT2D eigenvalue weighted by molar-refractivity contribution is 5.69. The van der Waals surface area contributed by atoms with Gasteiger partial charge >= 0.3 is 5.97 Å². The third-order valence-electron chi connectivity index (χ3n) is 10.9. The molecule has 0 saturated heterocycles. The lowest BCUT2D eigenvalue weighted by molar-refractivity contribution is -0.150. The van der Waals surface area contributed by atoms with Crippen molar-refractivity contribution < 1.29 is 24.2 Å². The third-order valence-corrected chi connectivity index (χ3v) is 10.9.